The number of hydrogen-bond donors (Lipinski definition) is 1. The summed E-state index contributed by atoms with van der Waals surface area (Å²) >= 11 is 0. The molecule has 0 aliphatic heterocycles. The minimum atomic E-state index is -4.66. The van der Waals surface area contributed by atoms with Crippen molar-refractivity contribution >= 4 is 11.9 Å². The summed E-state index contributed by atoms with van der Waals surface area (Å²) in [5.41, 5.74) is -0.650. The van der Waals surface area contributed by atoms with E-state index < -0.39 is 29.8 Å². The average molecular weight is 352 g/mol. The van der Waals surface area contributed by atoms with Crippen molar-refractivity contribution in [1.29, 1.82) is 0 Å². The Kier molecular flexibility index (Phi) is 5.74. The van der Waals surface area contributed by atoms with Gasteiger partial charge in [0, 0.05) is 11.8 Å². The van der Waals surface area contributed by atoms with Gasteiger partial charge in [-0.3, -0.25) is 9.78 Å². The highest BCUT2D eigenvalue weighted by atomic mass is 19.4. The van der Waals surface area contributed by atoms with Crippen LogP contribution in [0.1, 0.15) is 28.5 Å². The van der Waals surface area contributed by atoms with E-state index in [0.717, 1.165) is 17.8 Å². The van der Waals surface area contributed by atoms with Gasteiger partial charge in [-0.1, -0.05) is 30.3 Å². The molecule has 25 heavy (non-hydrogen) atoms. The van der Waals surface area contributed by atoms with E-state index in [9.17, 15) is 22.8 Å². The van der Waals surface area contributed by atoms with Gasteiger partial charge in [0.1, 0.15) is 18.3 Å². The van der Waals surface area contributed by atoms with E-state index in [1.54, 1.807) is 24.3 Å². The Labute approximate surface area is 141 Å². The van der Waals surface area contributed by atoms with Crippen molar-refractivity contribution in [1.82, 2.24) is 10.3 Å². The standard InChI is InChI=1S/C17H15F3N2O3/c1-11(16(24)25-10-12-5-3-2-4-6-12)22-15(23)13-7-8-21-14(9-13)17(18,19)20/h2-9,11H,10H2,1H3,(H,22,23). The molecule has 1 unspecified atom stereocenters. The van der Waals surface area contributed by atoms with Gasteiger partial charge in [0.15, 0.2) is 0 Å². The zero-order valence-corrected chi connectivity index (χ0v) is 13.2. The maximum absolute atomic E-state index is 12.6. The number of nitrogens with one attached hydrogen (secondary N) is 1. The Bertz CT molecular complexity index is 748. The Morgan fingerprint density at radius 3 is 2.52 bits per heavy atom. The molecular formula is C17H15F3N2O3. The first-order chi connectivity index (χ1) is 11.8. The monoisotopic (exact) mass is 352 g/mol. The van der Waals surface area contributed by atoms with E-state index >= 15 is 0 Å². The smallest absolute Gasteiger partial charge is 0.433 e. The lowest BCUT2D eigenvalue weighted by Crippen LogP contribution is -2.39. The van der Waals surface area contributed by atoms with Gasteiger partial charge in [0.25, 0.3) is 5.91 Å². The van der Waals surface area contributed by atoms with Gasteiger partial charge in [0.2, 0.25) is 0 Å². The van der Waals surface area contributed by atoms with Crippen LogP contribution in [0.15, 0.2) is 48.7 Å². The van der Waals surface area contributed by atoms with Gasteiger partial charge < -0.3 is 10.1 Å². The van der Waals surface area contributed by atoms with Crippen LogP contribution >= 0.6 is 0 Å². The van der Waals surface area contributed by atoms with Crippen LogP contribution in [0.5, 0.6) is 0 Å². The molecule has 1 aromatic heterocycles. The molecule has 8 heteroatoms. The van der Waals surface area contributed by atoms with Gasteiger partial charge in [-0.05, 0) is 24.6 Å². The summed E-state index contributed by atoms with van der Waals surface area (Å²) in [6.07, 6.45) is -3.77. The van der Waals surface area contributed by atoms with Crippen molar-refractivity contribution in [3.8, 4) is 0 Å². The van der Waals surface area contributed by atoms with Crippen LogP contribution in [0.2, 0.25) is 0 Å². The van der Waals surface area contributed by atoms with E-state index in [1.807, 2.05) is 6.07 Å². The van der Waals surface area contributed by atoms with E-state index in [-0.39, 0.29) is 12.2 Å². The minimum absolute atomic E-state index is 0.0351. The van der Waals surface area contributed by atoms with Crippen LogP contribution in [0.4, 0.5) is 13.2 Å². The maximum Gasteiger partial charge on any atom is 0.433 e. The number of nitrogens with zero attached hydrogens (tertiary/aromatic N) is 1. The highest BCUT2D eigenvalue weighted by Gasteiger charge is 2.33. The second-order valence-electron chi connectivity index (χ2n) is 5.22. The third kappa shape index (κ3) is 5.30. The van der Waals surface area contributed by atoms with Gasteiger partial charge in [-0.15, -0.1) is 0 Å². The normalized spacial score (nSPS) is 12.3. The fourth-order valence-electron chi connectivity index (χ4n) is 1.92. The quantitative estimate of drug-likeness (QED) is 0.840. The Morgan fingerprint density at radius 1 is 1.20 bits per heavy atom. The molecule has 1 heterocycles. The lowest BCUT2D eigenvalue weighted by molar-refractivity contribution is -0.146. The Hall–Kier alpha value is -2.90. The van der Waals surface area contributed by atoms with Crippen molar-refractivity contribution in [2.24, 2.45) is 0 Å². The summed E-state index contributed by atoms with van der Waals surface area (Å²) < 4.78 is 42.9. The summed E-state index contributed by atoms with van der Waals surface area (Å²) in [4.78, 5) is 27.1. The number of alkyl halides is 3. The summed E-state index contributed by atoms with van der Waals surface area (Å²) in [6.45, 7) is 1.42. The third-order valence-electron chi connectivity index (χ3n) is 3.24. The van der Waals surface area contributed by atoms with Crippen molar-refractivity contribution in [2.45, 2.75) is 25.7 Å². The number of hydrogen-bond acceptors (Lipinski definition) is 4. The maximum atomic E-state index is 12.6. The molecule has 0 spiro atoms. The lowest BCUT2D eigenvalue weighted by Gasteiger charge is -2.14. The van der Waals surface area contributed by atoms with Gasteiger partial charge in [-0.2, -0.15) is 13.2 Å². The molecule has 0 saturated carbocycles. The van der Waals surface area contributed by atoms with Crippen molar-refractivity contribution in [3.05, 3.63) is 65.5 Å². The summed E-state index contributed by atoms with van der Waals surface area (Å²) in [5.74, 6) is -1.51. The molecule has 0 aliphatic rings. The fourth-order valence-corrected chi connectivity index (χ4v) is 1.92. The van der Waals surface area contributed by atoms with E-state index in [2.05, 4.69) is 10.3 Å². The highest BCUT2D eigenvalue weighted by molar-refractivity contribution is 5.96. The highest BCUT2D eigenvalue weighted by Crippen LogP contribution is 2.27. The molecule has 2 rings (SSSR count). The van der Waals surface area contributed by atoms with Crippen LogP contribution < -0.4 is 5.32 Å². The predicted molar refractivity (Wildman–Crippen MR) is 82.4 cm³/mol. The number of amides is 1. The van der Waals surface area contributed by atoms with Crippen LogP contribution in [0.3, 0.4) is 0 Å². The number of rotatable bonds is 5. The number of pyridine rings is 1. The van der Waals surface area contributed by atoms with Gasteiger partial charge >= 0.3 is 12.1 Å². The Balaban J connectivity index is 1.94. The number of benzene rings is 1. The zero-order valence-electron chi connectivity index (χ0n) is 13.2. The van der Waals surface area contributed by atoms with Crippen molar-refractivity contribution in [3.63, 3.8) is 0 Å². The van der Waals surface area contributed by atoms with Gasteiger partial charge in [0.05, 0.1) is 0 Å². The molecule has 2 aromatic rings. The molecule has 0 saturated heterocycles. The topological polar surface area (TPSA) is 68.3 Å². The Morgan fingerprint density at radius 2 is 1.88 bits per heavy atom. The number of esters is 1. The third-order valence-corrected chi connectivity index (χ3v) is 3.24. The summed E-state index contributed by atoms with van der Waals surface area (Å²) in [7, 11) is 0. The van der Waals surface area contributed by atoms with Crippen LogP contribution in [0.25, 0.3) is 0 Å². The first kappa shape index (κ1) is 18.4. The summed E-state index contributed by atoms with van der Waals surface area (Å²) in [5, 5.41) is 2.30. The molecular weight excluding hydrogens is 337 g/mol. The van der Waals surface area contributed by atoms with Crippen LogP contribution in [0, 0.1) is 0 Å². The average Bonchev–Trinajstić information content (AvgIpc) is 2.59. The number of halogens is 3. The molecule has 132 valence electrons. The number of aromatic nitrogens is 1. The molecule has 0 aliphatic carbocycles. The van der Waals surface area contributed by atoms with Crippen LogP contribution in [-0.4, -0.2) is 22.9 Å². The molecule has 0 bridgehead atoms. The minimum Gasteiger partial charge on any atom is -0.459 e. The molecule has 1 atom stereocenters. The second-order valence-corrected chi connectivity index (χ2v) is 5.22. The first-order valence-corrected chi connectivity index (χ1v) is 7.32. The second kappa shape index (κ2) is 7.78. The van der Waals surface area contributed by atoms with Gasteiger partial charge in [-0.25, -0.2) is 4.79 Å². The number of carbonyl (C=O) groups excluding carboxylic acids is 2. The van der Waals surface area contributed by atoms with E-state index in [4.69, 9.17) is 4.74 Å². The fraction of sp³-hybridized carbons (Fsp3) is 0.235. The number of carbonyl (C=O) groups is 2. The first-order valence-electron chi connectivity index (χ1n) is 7.32. The summed E-state index contributed by atoms with van der Waals surface area (Å²) in [6, 6.07) is 9.67. The predicted octanol–water partition coefficient (Wildman–Crippen LogP) is 2.96. The molecule has 0 radical (unpaired) electrons. The van der Waals surface area contributed by atoms with Crippen LogP contribution in [-0.2, 0) is 22.3 Å². The lowest BCUT2D eigenvalue weighted by atomic mass is 10.2. The van der Waals surface area contributed by atoms with E-state index in [1.165, 1.54) is 6.92 Å². The molecule has 1 amide bonds. The molecule has 5 nitrogen and oxygen atoms in total. The van der Waals surface area contributed by atoms with E-state index in [0.29, 0.717) is 6.07 Å². The SMILES string of the molecule is CC(NC(=O)c1ccnc(C(F)(F)F)c1)C(=O)OCc1ccccc1. The molecule has 1 aromatic carbocycles. The molecule has 1 N–H and O–H groups in total. The molecule has 0 fully saturated rings. The number of ether oxygens (including phenoxy) is 1. The largest absolute Gasteiger partial charge is 0.459 e. The zero-order chi connectivity index (χ0) is 18.4. The van der Waals surface area contributed by atoms with Crippen molar-refractivity contribution in [2.75, 3.05) is 0 Å². The van der Waals surface area contributed by atoms with Crippen molar-refractivity contribution < 1.29 is 27.5 Å².